The lowest BCUT2D eigenvalue weighted by Gasteiger charge is -2.39. The van der Waals surface area contributed by atoms with Gasteiger partial charge >= 0.3 is 0 Å². The van der Waals surface area contributed by atoms with Gasteiger partial charge in [0, 0.05) is 24.6 Å². The van der Waals surface area contributed by atoms with Gasteiger partial charge in [-0.1, -0.05) is 48.0 Å². The molecule has 1 amide bonds. The highest BCUT2D eigenvalue weighted by molar-refractivity contribution is 5.94. The Hall–Kier alpha value is -2.09. The van der Waals surface area contributed by atoms with Crippen molar-refractivity contribution in [1.82, 2.24) is 0 Å². The smallest absolute Gasteiger partial charge is 0.224 e. The van der Waals surface area contributed by atoms with Gasteiger partial charge in [-0.05, 0) is 37.5 Å². The highest BCUT2D eigenvalue weighted by Crippen LogP contribution is 2.42. The number of nitrogens with zero attached hydrogens (tertiary/aromatic N) is 1. The third-order valence-electron chi connectivity index (χ3n) is 4.38. The summed E-state index contributed by atoms with van der Waals surface area (Å²) >= 11 is 0. The van der Waals surface area contributed by atoms with Gasteiger partial charge in [0.15, 0.2) is 0 Å². The molecular weight excluding hydrogens is 258 g/mol. The minimum absolute atomic E-state index is 0.124. The molecule has 2 atom stereocenters. The van der Waals surface area contributed by atoms with Crippen LogP contribution in [0.4, 0.5) is 5.69 Å². The number of amides is 1. The summed E-state index contributed by atoms with van der Waals surface area (Å²) < 4.78 is 0. The fraction of sp³-hybridized carbons (Fsp3) is 0.316. The number of anilines is 1. The molecule has 21 heavy (non-hydrogen) atoms. The van der Waals surface area contributed by atoms with E-state index >= 15 is 0 Å². The molecule has 0 saturated heterocycles. The van der Waals surface area contributed by atoms with E-state index in [1.165, 1.54) is 16.7 Å². The first kappa shape index (κ1) is 13.9. The third kappa shape index (κ3) is 2.46. The van der Waals surface area contributed by atoms with Crippen LogP contribution < -0.4 is 4.90 Å². The predicted octanol–water partition coefficient (Wildman–Crippen LogP) is 4.27. The molecule has 2 nitrogen and oxygen atoms in total. The van der Waals surface area contributed by atoms with Gasteiger partial charge in [-0.15, -0.1) is 0 Å². The second kappa shape index (κ2) is 5.36. The van der Waals surface area contributed by atoms with Crippen LogP contribution in [0.15, 0.2) is 48.5 Å². The van der Waals surface area contributed by atoms with E-state index in [0.29, 0.717) is 5.92 Å². The van der Waals surface area contributed by atoms with Crippen molar-refractivity contribution in [3.8, 4) is 0 Å². The van der Waals surface area contributed by atoms with Crippen LogP contribution in [0.1, 0.15) is 42.9 Å². The zero-order chi connectivity index (χ0) is 15.0. The van der Waals surface area contributed by atoms with Crippen LogP contribution >= 0.6 is 0 Å². The van der Waals surface area contributed by atoms with Crippen LogP contribution in [0.25, 0.3) is 0 Å². The van der Waals surface area contributed by atoms with Crippen LogP contribution in [-0.4, -0.2) is 11.9 Å². The van der Waals surface area contributed by atoms with Crippen molar-refractivity contribution < 1.29 is 4.79 Å². The van der Waals surface area contributed by atoms with Crippen LogP contribution in [0, 0.1) is 6.92 Å². The van der Waals surface area contributed by atoms with Crippen molar-refractivity contribution >= 4 is 11.6 Å². The maximum Gasteiger partial charge on any atom is 0.224 e. The monoisotopic (exact) mass is 279 g/mol. The van der Waals surface area contributed by atoms with Crippen molar-refractivity contribution in [2.75, 3.05) is 4.90 Å². The summed E-state index contributed by atoms with van der Waals surface area (Å²) in [6.45, 7) is 5.90. The standard InChI is InChI=1S/C19H21NO/c1-13-9-10-19-18(11-13)17(16-7-5-4-6-8-16)12-14(2)20(19)15(3)21/h4-11,14,17H,12H2,1-3H3/t14-,17+/m1/s1. The number of carbonyl (C=O) groups excluding carboxylic acids is 1. The van der Waals surface area contributed by atoms with E-state index in [1.54, 1.807) is 6.92 Å². The van der Waals surface area contributed by atoms with Gasteiger partial charge in [0.25, 0.3) is 0 Å². The van der Waals surface area contributed by atoms with Crippen molar-refractivity contribution in [3.63, 3.8) is 0 Å². The molecule has 2 heteroatoms. The van der Waals surface area contributed by atoms with Gasteiger partial charge < -0.3 is 4.90 Å². The molecule has 0 aliphatic carbocycles. The lowest BCUT2D eigenvalue weighted by molar-refractivity contribution is -0.117. The van der Waals surface area contributed by atoms with E-state index in [-0.39, 0.29) is 11.9 Å². The summed E-state index contributed by atoms with van der Waals surface area (Å²) in [5, 5.41) is 0. The summed E-state index contributed by atoms with van der Waals surface area (Å²) in [5.41, 5.74) is 4.92. The van der Waals surface area contributed by atoms with Gasteiger partial charge in [0.05, 0.1) is 0 Å². The van der Waals surface area contributed by atoms with Gasteiger partial charge in [-0.3, -0.25) is 4.79 Å². The zero-order valence-corrected chi connectivity index (χ0v) is 12.8. The van der Waals surface area contributed by atoms with E-state index < -0.39 is 0 Å². The molecule has 0 radical (unpaired) electrons. The Morgan fingerprint density at radius 3 is 2.52 bits per heavy atom. The van der Waals surface area contributed by atoms with Crippen molar-refractivity contribution in [1.29, 1.82) is 0 Å². The molecule has 108 valence electrons. The Morgan fingerprint density at radius 1 is 1.14 bits per heavy atom. The van der Waals surface area contributed by atoms with Gasteiger partial charge in [0.1, 0.15) is 0 Å². The molecule has 2 aromatic rings. The number of fused-ring (bicyclic) bond motifs is 1. The van der Waals surface area contributed by atoms with Gasteiger partial charge in [-0.2, -0.15) is 0 Å². The van der Waals surface area contributed by atoms with Gasteiger partial charge in [-0.25, -0.2) is 0 Å². The molecule has 1 aliphatic heterocycles. The third-order valence-corrected chi connectivity index (χ3v) is 4.38. The Bertz CT molecular complexity index is 663. The number of rotatable bonds is 1. The topological polar surface area (TPSA) is 20.3 Å². The Balaban J connectivity index is 2.15. The second-order valence-corrected chi connectivity index (χ2v) is 6.00. The molecule has 0 bridgehead atoms. The van der Waals surface area contributed by atoms with E-state index in [0.717, 1.165) is 12.1 Å². The average molecular weight is 279 g/mol. The van der Waals surface area contributed by atoms with Crippen LogP contribution in [0.5, 0.6) is 0 Å². The summed E-state index contributed by atoms with van der Waals surface area (Å²) in [6.07, 6.45) is 0.972. The SMILES string of the molecule is CC(=O)N1c2ccc(C)cc2[C@H](c2ccccc2)C[C@H]1C. The molecule has 1 heterocycles. The molecule has 0 fully saturated rings. The maximum atomic E-state index is 12.0. The Kier molecular flexibility index (Phi) is 3.54. The molecule has 2 aromatic carbocycles. The lowest BCUT2D eigenvalue weighted by Crippen LogP contribution is -2.42. The first-order chi connectivity index (χ1) is 10.1. The molecule has 1 aliphatic rings. The first-order valence-corrected chi connectivity index (χ1v) is 7.53. The average Bonchev–Trinajstić information content (AvgIpc) is 2.47. The number of carbonyl (C=O) groups is 1. The van der Waals surface area contributed by atoms with E-state index in [4.69, 9.17) is 0 Å². The van der Waals surface area contributed by atoms with E-state index in [2.05, 4.69) is 62.4 Å². The number of benzene rings is 2. The summed E-state index contributed by atoms with van der Waals surface area (Å²) in [5.74, 6) is 0.491. The predicted molar refractivity (Wildman–Crippen MR) is 86.7 cm³/mol. The number of hydrogen-bond donors (Lipinski definition) is 0. The fourth-order valence-corrected chi connectivity index (χ4v) is 3.46. The Labute approximate surface area is 126 Å². The summed E-state index contributed by atoms with van der Waals surface area (Å²) in [7, 11) is 0. The molecule has 0 spiro atoms. The molecule has 3 rings (SSSR count). The first-order valence-electron chi connectivity index (χ1n) is 7.53. The minimum atomic E-state index is 0.124. The van der Waals surface area contributed by atoms with Crippen molar-refractivity contribution in [2.24, 2.45) is 0 Å². The number of aryl methyl sites for hydroxylation is 1. The molecule has 0 saturated carbocycles. The van der Waals surface area contributed by atoms with Crippen LogP contribution in [0.2, 0.25) is 0 Å². The highest BCUT2D eigenvalue weighted by Gasteiger charge is 2.32. The zero-order valence-electron chi connectivity index (χ0n) is 12.8. The normalized spacial score (nSPS) is 21.0. The van der Waals surface area contributed by atoms with E-state index in [1.807, 2.05) is 4.90 Å². The molecular formula is C19H21NO. The van der Waals surface area contributed by atoms with Gasteiger partial charge in [0.2, 0.25) is 5.91 Å². The molecule has 0 N–H and O–H groups in total. The highest BCUT2D eigenvalue weighted by atomic mass is 16.2. The molecule has 0 unspecified atom stereocenters. The van der Waals surface area contributed by atoms with Crippen molar-refractivity contribution in [3.05, 3.63) is 65.2 Å². The number of hydrogen-bond acceptors (Lipinski definition) is 1. The summed E-state index contributed by atoms with van der Waals surface area (Å²) in [6, 6.07) is 17.2. The second-order valence-electron chi connectivity index (χ2n) is 6.00. The molecule has 0 aromatic heterocycles. The fourth-order valence-electron chi connectivity index (χ4n) is 3.46. The van der Waals surface area contributed by atoms with E-state index in [9.17, 15) is 4.79 Å². The lowest BCUT2D eigenvalue weighted by atomic mass is 9.81. The van der Waals surface area contributed by atoms with Crippen LogP contribution in [0.3, 0.4) is 0 Å². The van der Waals surface area contributed by atoms with Crippen LogP contribution in [-0.2, 0) is 4.79 Å². The largest absolute Gasteiger partial charge is 0.310 e. The maximum absolute atomic E-state index is 12.0. The quantitative estimate of drug-likeness (QED) is 0.763. The Morgan fingerprint density at radius 2 is 1.86 bits per heavy atom. The van der Waals surface area contributed by atoms with Crippen molar-refractivity contribution in [2.45, 2.75) is 39.2 Å². The minimum Gasteiger partial charge on any atom is -0.310 e. The summed E-state index contributed by atoms with van der Waals surface area (Å²) in [4.78, 5) is 14.0.